The van der Waals surface area contributed by atoms with E-state index in [4.69, 9.17) is 0 Å². The maximum atomic E-state index is 12.8. The highest BCUT2D eigenvalue weighted by Gasteiger charge is 2.44. The van der Waals surface area contributed by atoms with Crippen molar-refractivity contribution in [3.05, 3.63) is 45.0 Å². The zero-order valence-corrected chi connectivity index (χ0v) is 16.6. The highest BCUT2D eigenvalue weighted by atomic mass is 16.2. The molecule has 0 amide bonds. The quantitative estimate of drug-likeness (QED) is 0.801. The minimum atomic E-state index is -0.492. The van der Waals surface area contributed by atoms with Crippen LogP contribution >= 0.6 is 0 Å². The van der Waals surface area contributed by atoms with Crippen molar-refractivity contribution in [1.29, 1.82) is 0 Å². The van der Waals surface area contributed by atoms with E-state index in [0.717, 1.165) is 29.9 Å². The summed E-state index contributed by atoms with van der Waals surface area (Å²) >= 11 is 0. The van der Waals surface area contributed by atoms with Crippen LogP contribution in [0.5, 0.6) is 0 Å². The summed E-state index contributed by atoms with van der Waals surface area (Å²) in [5.74, 6) is 0. The van der Waals surface area contributed by atoms with Gasteiger partial charge in [0.25, 0.3) is 0 Å². The number of H-pyrrole nitrogens is 1. The molecule has 3 atom stereocenters. The maximum absolute atomic E-state index is 12.8. The van der Waals surface area contributed by atoms with Crippen molar-refractivity contribution in [1.82, 2.24) is 14.5 Å². The molecule has 3 aliphatic rings. The molecular formula is C23H31N3O2. The number of benzene rings is 1. The lowest BCUT2D eigenvalue weighted by molar-refractivity contribution is 0.0497. The van der Waals surface area contributed by atoms with Gasteiger partial charge in [0.2, 0.25) is 0 Å². The van der Waals surface area contributed by atoms with Gasteiger partial charge in [0.1, 0.15) is 0 Å². The molecule has 28 heavy (non-hydrogen) atoms. The Morgan fingerprint density at radius 2 is 1.39 bits per heavy atom. The number of fused-ring (bicyclic) bond motifs is 3. The third-order valence-electron chi connectivity index (χ3n) is 7.45. The van der Waals surface area contributed by atoms with Gasteiger partial charge in [-0.3, -0.25) is 19.1 Å². The van der Waals surface area contributed by atoms with E-state index in [-0.39, 0.29) is 11.6 Å². The minimum absolute atomic E-state index is 0.141. The van der Waals surface area contributed by atoms with Crippen molar-refractivity contribution in [3.63, 3.8) is 0 Å². The molecule has 5 nitrogen and oxygen atoms in total. The van der Waals surface area contributed by atoms with Crippen LogP contribution in [-0.4, -0.2) is 32.6 Å². The van der Waals surface area contributed by atoms with Crippen molar-refractivity contribution in [3.8, 4) is 0 Å². The van der Waals surface area contributed by atoms with E-state index in [1.807, 2.05) is 28.8 Å². The van der Waals surface area contributed by atoms with E-state index < -0.39 is 5.56 Å². The van der Waals surface area contributed by atoms with Gasteiger partial charge in [0, 0.05) is 24.2 Å². The van der Waals surface area contributed by atoms with Crippen LogP contribution in [-0.2, 0) is 0 Å². The molecule has 0 spiro atoms. The molecule has 1 unspecified atom stereocenters. The second-order valence-corrected chi connectivity index (χ2v) is 9.10. The summed E-state index contributed by atoms with van der Waals surface area (Å²) in [5, 5.41) is 0. The average Bonchev–Trinajstić information content (AvgIpc) is 2.92. The summed E-state index contributed by atoms with van der Waals surface area (Å²) < 4.78 is 1.81. The zero-order chi connectivity index (χ0) is 19.1. The number of hydrogen-bond donors (Lipinski definition) is 1. The van der Waals surface area contributed by atoms with Gasteiger partial charge in [-0.05, 0) is 50.7 Å². The molecule has 2 aromatic rings. The molecule has 1 N–H and O–H groups in total. The molecule has 5 heteroatoms. The van der Waals surface area contributed by atoms with Crippen LogP contribution in [0.4, 0.5) is 0 Å². The van der Waals surface area contributed by atoms with E-state index in [1.165, 1.54) is 57.8 Å². The normalized spacial score (nSPS) is 29.6. The molecule has 5 rings (SSSR count). The SMILES string of the molecule is O=c1[nH]c2ccccc2n(C2C[C@H]3CC[C@@H](C2)N3C2CCCCCCC2)c1=O. The first-order chi connectivity index (χ1) is 13.7. The number of para-hydroxylation sites is 2. The molecule has 1 aromatic carbocycles. The summed E-state index contributed by atoms with van der Waals surface area (Å²) in [6, 6.07) is 9.73. The lowest BCUT2D eigenvalue weighted by Gasteiger charge is -2.44. The minimum Gasteiger partial charge on any atom is -0.316 e. The molecule has 150 valence electrons. The number of nitrogens with zero attached hydrogens (tertiary/aromatic N) is 2. The topological polar surface area (TPSA) is 58.1 Å². The van der Waals surface area contributed by atoms with Crippen LogP contribution in [0.1, 0.15) is 76.7 Å². The third kappa shape index (κ3) is 3.14. The molecule has 3 heterocycles. The standard InChI is InChI=1S/C23H31N3O2/c27-22-23(28)26(21-11-7-6-10-20(21)24-22)19-14-17-12-13-18(15-19)25(17)16-8-4-2-1-3-5-9-16/h6-7,10-11,16-19H,1-5,8-9,12-15H2,(H,24,27)/t17-,18+,19?. The first kappa shape index (κ1) is 18.2. The second-order valence-electron chi connectivity index (χ2n) is 9.10. The molecule has 1 aromatic heterocycles. The predicted octanol–water partition coefficient (Wildman–Crippen LogP) is 3.97. The Hall–Kier alpha value is -1.88. The van der Waals surface area contributed by atoms with E-state index in [0.29, 0.717) is 12.1 Å². The fraction of sp³-hybridized carbons (Fsp3) is 0.652. The van der Waals surface area contributed by atoms with Gasteiger partial charge in [-0.2, -0.15) is 0 Å². The Kier molecular flexibility index (Phi) is 4.87. The van der Waals surface area contributed by atoms with Crippen LogP contribution in [0, 0.1) is 0 Å². The van der Waals surface area contributed by atoms with Crippen LogP contribution in [0.15, 0.2) is 33.9 Å². The fourth-order valence-electron chi connectivity index (χ4n) is 6.27. The van der Waals surface area contributed by atoms with Gasteiger partial charge in [-0.25, -0.2) is 0 Å². The number of hydrogen-bond acceptors (Lipinski definition) is 3. The third-order valence-corrected chi connectivity index (χ3v) is 7.45. The summed E-state index contributed by atoms with van der Waals surface area (Å²) in [4.78, 5) is 30.6. The van der Waals surface area contributed by atoms with E-state index in [2.05, 4.69) is 9.88 Å². The van der Waals surface area contributed by atoms with Gasteiger partial charge < -0.3 is 4.98 Å². The first-order valence-corrected chi connectivity index (χ1v) is 11.2. The number of aromatic amines is 1. The molecule has 2 saturated heterocycles. The number of aromatic nitrogens is 2. The second kappa shape index (κ2) is 7.51. The Bertz CT molecular complexity index is 940. The zero-order valence-electron chi connectivity index (χ0n) is 16.6. The fourth-order valence-corrected chi connectivity index (χ4v) is 6.27. The number of piperidine rings is 1. The summed E-state index contributed by atoms with van der Waals surface area (Å²) in [6.45, 7) is 0. The van der Waals surface area contributed by atoms with Gasteiger partial charge in [0.05, 0.1) is 11.0 Å². The van der Waals surface area contributed by atoms with E-state index in [9.17, 15) is 9.59 Å². The summed E-state index contributed by atoms with van der Waals surface area (Å²) in [7, 11) is 0. The Labute approximate surface area is 165 Å². The smallest absolute Gasteiger partial charge is 0.316 e. The van der Waals surface area contributed by atoms with Crippen LogP contribution in [0.2, 0.25) is 0 Å². The number of nitrogens with one attached hydrogen (secondary N) is 1. The monoisotopic (exact) mass is 381 g/mol. The molecule has 0 radical (unpaired) electrons. The highest BCUT2D eigenvalue weighted by Crippen LogP contribution is 2.43. The predicted molar refractivity (Wildman–Crippen MR) is 112 cm³/mol. The van der Waals surface area contributed by atoms with Crippen molar-refractivity contribution in [2.75, 3.05) is 0 Å². The summed E-state index contributed by atoms with van der Waals surface area (Å²) in [5.41, 5.74) is 0.758. The maximum Gasteiger partial charge on any atom is 0.316 e. The average molecular weight is 382 g/mol. The highest BCUT2D eigenvalue weighted by molar-refractivity contribution is 5.74. The Morgan fingerprint density at radius 3 is 2.11 bits per heavy atom. The molecule has 3 fully saturated rings. The van der Waals surface area contributed by atoms with E-state index >= 15 is 0 Å². The van der Waals surface area contributed by atoms with E-state index in [1.54, 1.807) is 0 Å². The van der Waals surface area contributed by atoms with Crippen LogP contribution in [0.25, 0.3) is 11.0 Å². The molecule has 1 aliphatic carbocycles. The molecule has 2 bridgehead atoms. The summed E-state index contributed by atoms with van der Waals surface area (Å²) in [6.07, 6.45) is 14.1. The first-order valence-electron chi connectivity index (χ1n) is 11.2. The lowest BCUT2D eigenvalue weighted by Crippen LogP contribution is -2.51. The van der Waals surface area contributed by atoms with Crippen molar-refractivity contribution < 1.29 is 0 Å². The van der Waals surface area contributed by atoms with Crippen LogP contribution in [0.3, 0.4) is 0 Å². The molecular weight excluding hydrogens is 350 g/mol. The largest absolute Gasteiger partial charge is 0.316 e. The Morgan fingerprint density at radius 1 is 0.750 bits per heavy atom. The molecule has 1 saturated carbocycles. The van der Waals surface area contributed by atoms with Crippen molar-refractivity contribution >= 4 is 11.0 Å². The Balaban J connectivity index is 1.45. The van der Waals surface area contributed by atoms with Gasteiger partial charge in [-0.15, -0.1) is 0 Å². The van der Waals surface area contributed by atoms with Crippen molar-refractivity contribution in [2.24, 2.45) is 0 Å². The lowest BCUT2D eigenvalue weighted by atomic mass is 9.89. The van der Waals surface area contributed by atoms with Crippen LogP contribution < -0.4 is 11.1 Å². The van der Waals surface area contributed by atoms with Gasteiger partial charge in [0.15, 0.2) is 0 Å². The van der Waals surface area contributed by atoms with Gasteiger partial charge >= 0.3 is 11.1 Å². The van der Waals surface area contributed by atoms with Gasteiger partial charge in [-0.1, -0.05) is 44.2 Å². The molecule has 2 aliphatic heterocycles. The number of rotatable bonds is 2. The van der Waals surface area contributed by atoms with Crippen molar-refractivity contribution in [2.45, 2.75) is 94.8 Å².